The van der Waals surface area contributed by atoms with Crippen molar-refractivity contribution < 1.29 is 9.15 Å². The summed E-state index contributed by atoms with van der Waals surface area (Å²) in [6.45, 7) is 4.63. The Bertz CT molecular complexity index is 745. The van der Waals surface area contributed by atoms with Crippen molar-refractivity contribution in [1.29, 1.82) is 0 Å². The van der Waals surface area contributed by atoms with Gasteiger partial charge in [0.25, 0.3) is 0 Å². The molecule has 108 valence electrons. The first-order valence-electron chi connectivity index (χ1n) is 6.99. The number of ether oxygens (including phenoxy) is 1. The van der Waals surface area contributed by atoms with Gasteiger partial charge in [0.1, 0.15) is 11.3 Å². The highest BCUT2D eigenvalue weighted by molar-refractivity contribution is 5.76. The summed E-state index contributed by atoms with van der Waals surface area (Å²) in [7, 11) is 0. The summed E-state index contributed by atoms with van der Waals surface area (Å²) in [5, 5.41) is 0. The van der Waals surface area contributed by atoms with Crippen LogP contribution in [0, 0.1) is 0 Å². The number of anilines is 1. The topological polar surface area (TPSA) is 61.3 Å². The standard InChI is InChI=1S/C17H18N2O2/c1-11(2)12-3-6-14(7-4-12)20-10-17-19-15-8-5-13(18)9-16(15)21-17/h3-9,11H,10,18H2,1-2H3. The maximum absolute atomic E-state index is 5.72. The first-order chi connectivity index (χ1) is 10.1. The largest absolute Gasteiger partial charge is 0.484 e. The summed E-state index contributed by atoms with van der Waals surface area (Å²) in [5.74, 6) is 1.87. The zero-order chi connectivity index (χ0) is 14.8. The summed E-state index contributed by atoms with van der Waals surface area (Å²) in [4.78, 5) is 4.37. The van der Waals surface area contributed by atoms with E-state index in [1.54, 1.807) is 12.1 Å². The van der Waals surface area contributed by atoms with Crippen LogP contribution in [0.5, 0.6) is 5.75 Å². The molecule has 0 saturated carbocycles. The van der Waals surface area contributed by atoms with Gasteiger partial charge in [0.2, 0.25) is 5.89 Å². The predicted molar refractivity (Wildman–Crippen MR) is 83.3 cm³/mol. The van der Waals surface area contributed by atoms with E-state index in [2.05, 4.69) is 31.0 Å². The van der Waals surface area contributed by atoms with Crippen molar-refractivity contribution in [3.8, 4) is 5.75 Å². The van der Waals surface area contributed by atoms with Crippen molar-refractivity contribution >= 4 is 16.8 Å². The first-order valence-corrected chi connectivity index (χ1v) is 6.99. The van der Waals surface area contributed by atoms with Crippen molar-refractivity contribution in [2.75, 3.05) is 5.73 Å². The molecular weight excluding hydrogens is 264 g/mol. The summed E-state index contributed by atoms with van der Waals surface area (Å²) >= 11 is 0. The van der Waals surface area contributed by atoms with Crippen molar-refractivity contribution in [3.63, 3.8) is 0 Å². The molecule has 2 aromatic carbocycles. The van der Waals surface area contributed by atoms with Gasteiger partial charge in [-0.05, 0) is 35.7 Å². The van der Waals surface area contributed by atoms with Gasteiger partial charge in [-0.3, -0.25) is 0 Å². The number of rotatable bonds is 4. The summed E-state index contributed by atoms with van der Waals surface area (Å²) < 4.78 is 11.3. The number of oxazole rings is 1. The fourth-order valence-electron chi connectivity index (χ4n) is 2.14. The molecule has 4 nitrogen and oxygen atoms in total. The van der Waals surface area contributed by atoms with Crippen LogP contribution in [-0.2, 0) is 6.61 Å². The van der Waals surface area contributed by atoms with Gasteiger partial charge in [0.15, 0.2) is 12.2 Å². The zero-order valence-corrected chi connectivity index (χ0v) is 12.2. The Balaban J connectivity index is 1.71. The van der Waals surface area contributed by atoms with E-state index in [4.69, 9.17) is 14.9 Å². The minimum Gasteiger partial charge on any atom is -0.484 e. The molecule has 21 heavy (non-hydrogen) atoms. The highest BCUT2D eigenvalue weighted by Crippen LogP contribution is 2.21. The van der Waals surface area contributed by atoms with Crippen molar-refractivity contribution in [3.05, 3.63) is 53.9 Å². The molecule has 1 aromatic heterocycles. The third-order valence-corrected chi connectivity index (χ3v) is 3.37. The Hall–Kier alpha value is -2.49. The second-order valence-electron chi connectivity index (χ2n) is 5.35. The minimum atomic E-state index is 0.301. The quantitative estimate of drug-likeness (QED) is 0.731. The van der Waals surface area contributed by atoms with Gasteiger partial charge in [0, 0.05) is 11.8 Å². The maximum Gasteiger partial charge on any atom is 0.233 e. The molecule has 0 spiro atoms. The minimum absolute atomic E-state index is 0.301. The van der Waals surface area contributed by atoms with E-state index < -0.39 is 0 Å². The molecule has 0 atom stereocenters. The lowest BCUT2D eigenvalue weighted by molar-refractivity contribution is 0.267. The van der Waals surface area contributed by atoms with E-state index in [1.165, 1.54) is 5.56 Å². The van der Waals surface area contributed by atoms with Crippen LogP contribution < -0.4 is 10.5 Å². The van der Waals surface area contributed by atoms with Crippen LogP contribution in [0.3, 0.4) is 0 Å². The lowest BCUT2D eigenvalue weighted by atomic mass is 10.0. The lowest BCUT2D eigenvalue weighted by Crippen LogP contribution is -1.96. The average molecular weight is 282 g/mol. The third kappa shape index (κ3) is 2.99. The third-order valence-electron chi connectivity index (χ3n) is 3.37. The molecular formula is C17H18N2O2. The molecule has 0 aliphatic carbocycles. The first kappa shape index (κ1) is 13.5. The number of hydrogen-bond acceptors (Lipinski definition) is 4. The van der Waals surface area contributed by atoms with E-state index in [1.807, 2.05) is 18.2 Å². The lowest BCUT2D eigenvalue weighted by Gasteiger charge is -2.07. The molecule has 4 heteroatoms. The smallest absolute Gasteiger partial charge is 0.233 e. The Kier molecular flexibility index (Phi) is 3.52. The number of aromatic nitrogens is 1. The zero-order valence-electron chi connectivity index (χ0n) is 12.2. The molecule has 0 saturated heterocycles. The van der Waals surface area contributed by atoms with Gasteiger partial charge < -0.3 is 14.9 Å². The van der Waals surface area contributed by atoms with Gasteiger partial charge >= 0.3 is 0 Å². The number of fused-ring (bicyclic) bond motifs is 1. The molecule has 0 radical (unpaired) electrons. The summed E-state index contributed by atoms with van der Waals surface area (Å²) in [5.41, 5.74) is 9.15. The number of hydrogen-bond donors (Lipinski definition) is 1. The Morgan fingerprint density at radius 2 is 1.90 bits per heavy atom. The second kappa shape index (κ2) is 5.48. The van der Waals surface area contributed by atoms with Crippen LogP contribution >= 0.6 is 0 Å². The van der Waals surface area contributed by atoms with E-state index >= 15 is 0 Å². The van der Waals surface area contributed by atoms with E-state index in [9.17, 15) is 0 Å². The molecule has 0 fully saturated rings. The van der Waals surface area contributed by atoms with Crippen LogP contribution in [0.1, 0.15) is 31.2 Å². The number of benzene rings is 2. The second-order valence-corrected chi connectivity index (χ2v) is 5.35. The molecule has 0 unspecified atom stereocenters. The molecule has 0 amide bonds. The Morgan fingerprint density at radius 3 is 2.62 bits per heavy atom. The molecule has 2 N–H and O–H groups in total. The van der Waals surface area contributed by atoms with Gasteiger partial charge in [0.05, 0.1) is 0 Å². The average Bonchev–Trinajstić information content (AvgIpc) is 2.87. The van der Waals surface area contributed by atoms with E-state index in [-0.39, 0.29) is 0 Å². The van der Waals surface area contributed by atoms with Gasteiger partial charge in [-0.25, -0.2) is 4.98 Å². The number of nitrogens with two attached hydrogens (primary N) is 1. The number of nitrogens with zero attached hydrogens (tertiary/aromatic N) is 1. The molecule has 0 aliphatic rings. The van der Waals surface area contributed by atoms with Gasteiger partial charge in [-0.1, -0.05) is 26.0 Å². The van der Waals surface area contributed by atoms with E-state index in [0.717, 1.165) is 11.3 Å². The fourth-order valence-corrected chi connectivity index (χ4v) is 2.14. The maximum atomic E-state index is 5.72. The van der Waals surface area contributed by atoms with Crippen LogP contribution in [0.25, 0.3) is 11.1 Å². The fraction of sp³-hybridized carbons (Fsp3) is 0.235. The summed E-state index contributed by atoms with van der Waals surface area (Å²) in [6, 6.07) is 13.5. The van der Waals surface area contributed by atoms with E-state index in [0.29, 0.717) is 29.7 Å². The van der Waals surface area contributed by atoms with Crippen molar-refractivity contribution in [1.82, 2.24) is 4.98 Å². The van der Waals surface area contributed by atoms with Crippen LogP contribution in [0.15, 0.2) is 46.9 Å². The summed E-state index contributed by atoms with van der Waals surface area (Å²) in [6.07, 6.45) is 0. The molecule has 0 aliphatic heterocycles. The monoisotopic (exact) mass is 282 g/mol. The predicted octanol–water partition coefficient (Wildman–Crippen LogP) is 4.11. The van der Waals surface area contributed by atoms with Gasteiger partial charge in [-0.2, -0.15) is 0 Å². The molecule has 3 rings (SSSR count). The normalized spacial score (nSPS) is 11.2. The van der Waals surface area contributed by atoms with Crippen LogP contribution in [-0.4, -0.2) is 4.98 Å². The van der Waals surface area contributed by atoms with Crippen molar-refractivity contribution in [2.24, 2.45) is 0 Å². The van der Waals surface area contributed by atoms with Crippen LogP contribution in [0.2, 0.25) is 0 Å². The molecule has 0 bridgehead atoms. The molecule has 1 heterocycles. The highest BCUT2D eigenvalue weighted by Gasteiger charge is 2.07. The van der Waals surface area contributed by atoms with Crippen molar-refractivity contribution in [2.45, 2.75) is 26.4 Å². The highest BCUT2D eigenvalue weighted by atomic mass is 16.5. The molecule has 3 aromatic rings. The SMILES string of the molecule is CC(C)c1ccc(OCc2nc3ccc(N)cc3o2)cc1. The van der Waals surface area contributed by atoms with Gasteiger partial charge in [-0.15, -0.1) is 0 Å². The van der Waals surface area contributed by atoms with Crippen LogP contribution in [0.4, 0.5) is 5.69 Å². The Labute approximate surface area is 123 Å². The Morgan fingerprint density at radius 1 is 1.14 bits per heavy atom. The number of nitrogen functional groups attached to an aromatic ring is 1.